The number of hydrogen-bond acceptors (Lipinski definition) is 6. The van der Waals surface area contributed by atoms with E-state index >= 15 is 0 Å². The summed E-state index contributed by atoms with van der Waals surface area (Å²) in [7, 11) is 0. The summed E-state index contributed by atoms with van der Waals surface area (Å²) in [6.45, 7) is 15.3. The van der Waals surface area contributed by atoms with Gasteiger partial charge in [-0.05, 0) is 99.1 Å². The highest BCUT2D eigenvalue weighted by molar-refractivity contribution is 8.14. The van der Waals surface area contributed by atoms with E-state index < -0.39 is 0 Å². The lowest BCUT2D eigenvalue weighted by molar-refractivity contribution is 0.108. The van der Waals surface area contributed by atoms with Crippen LogP contribution in [-0.2, 0) is 12.8 Å². The van der Waals surface area contributed by atoms with E-state index in [2.05, 4.69) is 9.69 Å². The number of rotatable bonds is 4. The molecule has 0 amide bonds. The SMILES string of the molecule is [C-]#[N+]/C(C#N)=C1/c2ccccc2Cc2c(C(=O)Sc3cccc(SC(=O)c4cccc5c4Cc4ccccc4/C5=C(/C#N)[N+]#[C-])c3)cccc21. The summed E-state index contributed by atoms with van der Waals surface area (Å²) in [6.07, 6.45) is 0.986. The van der Waals surface area contributed by atoms with Crippen LogP contribution in [-0.4, -0.2) is 10.2 Å². The number of hydrogen-bond donors (Lipinski definition) is 0. The molecule has 2 aliphatic carbocycles. The molecule has 0 fully saturated rings. The lowest BCUT2D eigenvalue weighted by Gasteiger charge is -2.25. The second kappa shape index (κ2) is 13.6. The van der Waals surface area contributed by atoms with Gasteiger partial charge < -0.3 is 0 Å². The monoisotopic (exact) mass is 678 g/mol. The van der Waals surface area contributed by atoms with Gasteiger partial charge in [-0.1, -0.05) is 91.0 Å². The Hall–Kier alpha value is -6.42. The molecule has 0 radical (unpaired) electrons. The van der Waals surface area contributed by atoms with Crippen LogP contribution in [0.2, 0.25) is 0 Å². The molecule has 0 heterocycles. The maximum absolute atomic E-state index is 13.9. The van der Waals surface area contributed by atoms with E-state index in [1.807, 2.05) is 97.1 Å². The zero-order chi connectivity index (χ0) is 34.8. The molecular weight excluding hydrogens is 657 g/mol. The Kier molecular flexibility index (Phi) is 8.74. The minimum Gasteiger partial charge on any atom is -0.281 e. The smallest absolute Gasteiger partial charge is 0.270 e. The van der Waals surface area contributed by atoms with Crippen LogP contribution in [0.25, 0.3) is 20.8 Å². The van der Waals surface area contributed by atoms with Crippen molar-refractivity contribution in [1.82, 2.24) is 0 Å². The van der Waals surface area contributed by atoms with Gasteiger partial charge in [-0.25, -0.2) is 20.2 Å². The van der Waals surface area contributed by atoms with E-state index in [-0.39, 0.29) is 21.6 Å². The molecule has 0 bridgehead atoms. The van der Waals surface area contributed by atoms with Crippen LogP contribution in [0.5, 0.6) is 0 Å². The number of nitriles is 2. The summed E-state index contributed by atoms with van der Waals surface area (Å²) < 4.78 is 0. The van der Waals surface area contributed by atoms with Crippen molar-refractivity contribution in [1.29, 1.82) is 10.5 Å². The van der Waals surface area contributed by atoms with Gasteiger partial charge in [0.1, 0.15) is 0 Å². The normalized spacial score (nSPS) is 14.2. The van der Waals surface area contributed by atoms with Gasteiger partial charge >= 0.3 is 0 Å². The van der Waals surface area contributed by atoms with Crippen molar-refractivity contribution >= 4 is 44.9 Å². The topological polar surface area (TPSA) is 90.4 Å². The summed E-state index contributed by atoms with van der Waals surface area (Å²) in [6, 6.07) is 37.5. The highest BCUT2D eigenvalue weighted by atomic mass is 32.2. The maximum atomic E-state index is 13.9. The zero-order valence-corrected chi connectivity index (χ0v) is 27.9. The first-order chi connectivity index (χ1) is 24.4. The standard InChI is InChI=1S/C42H22N4O2S2/c1-45-37(23-43)39-29-14-5-3-10-25(29)20-35-31(39)16-8-18-33(35)41(47)49-27-12-7-13-28(22-27)50-42(48)34-19-9-17-32-36(34)21-26-11-4-6-15-30(26)40(32)38(24-44)46-2/h3-19,22H,20-21H2/b39-37-,40-38+. The molecule has 5 aromatic rings. The predicted molar refractivity (Wildman–Crippen MR) is 195 cm³/mol. The van der Waals surface area contributed by atoms with E-state index in [1.54, 1.807) is 24.3 Å². The van der Waals surface area contributed by atoms with E-state index in [9.17, 15) is 20.1 Å². The fourth-order valence-corrected chi connectivity index (χ4v) is 8.39. The van der Waals surface area contributed by atoms with E-state index in [0.29, 0.717) is 56.0 Å². The van der Waals surface area contributed by atoms with Crippen LogP contribution in [0.4, 0.5) is 0 Å². The van der Waals surface area contributed by atoms with Gasteiger partial charge in [0.25, 0.3) is 11.4 Å². The van der Waals surface area contributed by atoms with Crippen molar-refractivity contribution < 1.29 is 9.59 Å². The third-order valence-corrected chi connectivity index (χ3v) is 10.6. The molecule has 8 heteroatoms. The fraction of sp³-hybridized carbons (Fsp3) is 0.0476. The van der Waals surface area contributed by atoms with Crippen molar-refractivity contribution in [3.63, 3.8) is 0 Å². The highest BCUT2D eigenvalue weighted by Crippen LogP contribution is 2.42. The number of fused-ring (bicyclic) bond motifs is 4. The van der Waals surface area contributed by atoms with Crippen LogP contribution in [0, 0.1) is 35.8 Å². The van der Waals surface area contributed by atoms with Gasteiger partial charge in [0.15, 0.2) is 0 Å². The Morgan fingerprint density at radius 2 is 0.960 bits per heavy atom. The number of benzene rings is 5. The summed E-state index contributed by atoms with van der Waals surface area (Å²) in [4.78, 5) is 36.1. The average molecular weight is 679 g/mol. The molecule has 0 unspecified atom stereocenters. The Bertz CT molecular complexity index is 2330. The van der Waals surface area contributed by atoms with Gasteiger partial charge in [-0.3, -0.25) is 9.59 Å². The molecule has 7 rings (SSSR count). The molecule has 6 nitrogen and oxygen atoms in total. The Balaban J connectivity index is 1.18. The Labute approximate surface area is 297 Å². The molecule has 0 aromatic heterocycles. The average Bonchev–Trinajstić information content (AvgIpc) is 3.14. The third kappa shape index (κ3) is 5.70. The van der Waals surface area contributed by atoms with Crippen LogP contribution in [0.3, 0.4) is 0 Å². The molecule has 50 heavy (non-hydrogen) atoms. The molecule has 2 aliphatic rings. The molecule has 0 spiro atoms. The molecule has 0 saturated heterocycles. The highest BCUT2D eigenvalue weighted by Gasteiger charge is 2.29. The van der Waals surface area contributed by atoms with Crippen molar-refractivity contribution in [2.45, 2.75) is 22.6 Å². The van der Waals surface area contributed by atoms with Gasteiger partial charge in [0.2, 0.25) is 10.2 Å². The number of carbonyl (C=O) groups excluding carboxylic acids is 2. The summed E-state index contributed by atoms with van der Waals surface area (Å²) in [5, 5.41) is 19.2. The maximum Gasteiger partial charge on any atom is 0.270 e. The molecule has 0 saturated carbocycles. The molecular formula is C42H22N4O2S2. The van der Waals surface area contributed by atoms with Crippen molar-refractivity contribution in [2.75, 3.05) is 0 Å². The van der Waals surface area contributed by atoms with Crippen molar-refractivity contribution in [3.05, 3.63) is 199 Å². The largest absolute Gasteiger partial charge is 0.281 e. The molecule has 0 atom stereocenters. The Morgan fingerprint density at radius 1 is 0.560 bits per heavy atom. The van der Waals surface area contributed by atoms with Gasteiger partial charge in [-0.15, -0.1) is 0 Å². The first kappa shape index (κ1) is 32.1. The molecule has 0 N–H and O–H groups in total. The van der Waals surface area contributed by atoms with Crippen LogP contribution in [0.15, 0.2) is 130 Å². The zero-order valence-electron chi connectivity index (χ0n) is 26.2. The van der Waals surface area contributed by atoms with Crippen molar-refractivity contribution in [2.24, 2.45) is 0 Å². The van der Waals surface area contributed by atoms with Crippen LogP contribution in [0.1, 0.15) is 65.2 Å². The summed E-state index contributed by atoms with van der Waals surface area (Å²) >= 11 is 2.13. The first-order valence-electron chi connectivity index (χ1n) is 15.4. The third-order valence-electron chi connectivity index (χ3n) is 8.77. The second-order valence-electron chi connectivity index (χ2n) is 11.5. The van der Waals surface area contributed by atoms with Crippen LogP contribution >= 0.6 is 23.5 Å². The minimum atomic E-state index is -0.182. The van der Waals surface area contributed by atoms with Gasteiger partial charge in [0, 0.05) is 32.1 Å². The fourth-order valence-electron chi connectivity index (χ4n) is 6.62. The predicted octanol–water partition coefficient (Wildman–Crippen LogP) is 9.76. The Morgan fingerprint density at radius 3 is 1.38 bits per heavy atom. The summed E-state index contributed by atoms with van der Waals surface area (Å²) in [5.74, 6) is 0. The van der Waals surface area contributed by atoms with E-state index in [1.165, 1.54) is 0 Å². The number of nitrogens with zero attached hydrogens (tertiary/aromatic N) is 4. The van der Waals surface area contributed by atoms with Gasteiger partial charge in [-0.2, -0.15) is 0 Å². The van der Waals surface area contributed by atoms with Crippen molar-refractivity contribution in [3.8, 4) is 12.1 Å². The molecule has 0 aliphatic heterocycles. The second-order valence-corrected chi connectivity index (χ2v) is 13.6. The quantitative estimate of drug-likeness (QED) is 0.105. The summed E-state index contributed by atoms with van der Waals surface area (Å²) in [5.41, 5.74) is 8.59. The van der Waals surface area contributed by atoms with E-state index in [0.717, 1.165) is 56.9 Å². The lowest BCUT2D eigenvalue weighted by Crippen LogP contribution is -2.12. The van der Waals surface area contributed by atoms with Gasteiger partial charge in [0.05, 0.1) is 25.3 Å². The first-order valence-corrected chi connectivity index (χ1v) is 17.1. The van der Waals surface area contributed by atoms with E-state index in [4.69, 9.17) is 13.1 Å². The lowest BCUT2D eigenvalue weighted by atomic mass is 9.79. The number of carbonyl (C=O) groups is 2. The molecule has 234 valence electrons. The minimum absolute atomic E-state index is 0.0157. The van der Waals surface area contributed by atoms with Crippen LogP contribution < -0.4 is 0 Å². The molecule has 5 aromatic carbocycles. The number of allylic oxidation sites excluding steroid dienone is 2. The number of thioether (sulfide) groups is 2.